The van der Waals surface area contributed by atoms with Crippen LogP contribution in [0.25, 0.3) is 0 Å². The van der Waals surface area contributed by atoms with Crippen LogP contribution in [0.5, 0.6) is 5.75 Å². The molecule has 5 heteroatoms. The van der Waals surface area contributed by atoms with Crippen molar-refractivity contribution in [3.8, 4) is 5.75 Å². The summed E-state index contributed by atoms with van der Waals surface area (Å²) in [4.78, 5) is 0. The van der Waals surface area contributed by atoms with Crippen LogP contribution in [-0.2, 0) is 15.6 Å². The quantitative estimate of drug-likeness (QED) is 0.794. The zero-order chi connectivity index (χ0) is 14.3. The lowest BCUT2D eigenvalue weighted by atomic mass is 9.81. The van der Waals surface area contributed by atoms with Crippen molar-refractivity contribution in [1.29, 1.82) is 0 Å². The molecule has 0 radical (unpaired) electrons. The van der Waals surface area contributed by atoms with Gasteiger partial charge in [0.15, 0.2) is 0 Å². The fourth-order valence-electron chi connectivity index (χ4n) is 2.08. The summed E-state index contributed by atoms with van der Waals surface area (Å²) in [7, 11) is 1.37. The van der Waals surface area contributed by atoms with Gasteiger partial charge in [-0.1, -0.05) is 17.7 Å². The molecule has 1 aliphatic heterocycles. The molecule has 0 unspecified atom stereocenters. The minimum atomic E-state index is -0.298. The summed E-state index contributed by atoms with van der Waals surface area (Å²) in [6.45, 7) is 8.20. The van der Waals surface area contributed by atoms with Crippen molar-refractivity contribution < 1.29 is 14.0 Å². The van der Waals surface area contributed by atoms with Gasteiger partial charge in [0, 0.05) is 6.32 Å². The Kier molecular flexibility index (Phi) is 3.87. The molecule has 1 saturated heterocycles. The third-order valence-corrected chi connectivity index (χ3v) is 4.22. The maximum atomic E-state index is 6.12. The van der Waals surface area contributed by atoms with E-state index >= 15 is 0 Å². The van der Waals surface area contributed by atoms with Gasteiger partial charge in [0.25, 0.3) is 0 Å². The topological polar surface area (TPSA) is 27.7 Å². The Morgan fingerprint density at radius 3 is 2.21 bits per heavy atom. The Balaban J connectivity index is 2.09. The number of ether oxygens (including phenoxy) is 1. The van der Waals surface area contributed by atoms with Crippen molar-refractivity contribution in [2.24, 2.45) is 0 Å². The van der Waals surface area contributed by atoms with Crippen molar-refractivity contribution in [2.75, 3.05) is 7.11 Å². The molecule has 2 rings (SSSR count). The Bertz CT molecular complexity index is 458. The van der Waals surface area contributed by atoms with Gasteiger partial charge in [-0.15, -0.1) is 0 Å². The largest absolute Gasteiger partial charge is 0.495 e. The van der Waals surface area contributed by atoms with E-state index < -0.39 is 0 Å². The molecule has 1 aliphatic rings. The van der Waals surface area contributed by atoms with Crippen LogP contribution in [0, 0.1) is 0 Å². The van der Waals surface area contributed by atoms with Crippen molar-refractivity contribution in [3.05, 3.63) is 28.8 Å². The predicted octanol–water partition coefficient (Wildman–Crippen LogP) is 3.52. The highest BCUT2D eigenvalue weighted by molar-refractivity contribution is 6.45. The van der Waals surface area contributed by atoms with E-state index in [1.54, 1.807) is 7.11 Å². The number of halogens is 1. The van der Waals surface area contributed by atoms with E-state index in [4.69, 9.17) is 25.6 Å². The van der Waals surface area contributed by atoms with E-state index in [1.807, 2.05) is 45.9 Å². The standard InChI is InChI=1S/C14H20BClO3/c1-13(2)14(3,4)19-15(18-13)9-10-6-7-12(17-5)11(16)8-10/h6-8H,9H2,1-5H3. The average Bonchev–Trinajstić information content (AvgIpc) is 2.47. The molecule has 104 valence electrons. The second-order valence-corrected chi connectivity index (χ2v) is 6.27. The first kappa shape index (κ1) is 14.7. The molecule has 1 heterocycles. The molecule has 0 saturated carbocycles. The fourth-order valence-corrected chi connectivity index (χ4v) is 2.36. The molecule has 0 aromatic heterocycles. The molecule has 0 N–H and O–H groups in total. The van der Waals surface area contributed by atoms with Crippen molar-refractivity contribution >= 4 is 18.7 Å². The molecule has 1 fully saturated rings. The van der Waals surface area contributed by atoms with Crippen LogP contribution in [0.15, 0.2) is 18.2 Å². The Morgan fingerprint density at radius 1 is 1.16 bits per heavy atom. The predicted molar refractivity (Wildman–Crippen MR) is 77.8 cm³/mol. The Labute approximate surface area is 120 Å². The van der Waals surface area contributed by atoms with E-state index in [9.17, 15) is 0 Å². The van der Waals surface area contributed by atoms with E-state index in [2.05, 4.69) is 0 Å². The summed E-state index contributed by atoms with van der Waals surface area (Å²) >= 11 is 6.12. The normalized spacial score (nSPS) is 20.6. The minimum absolute atomic E-state index is 0.241. The zero-order valence-corrected chi connectivity index (χ0v) is 12.9. The lowest BCUT2D eigenvalue weighted by Crippen LogP contribution is -2.41. The summed E-state index contributed by atoms with van der Waals surface area (Å²) in [5.74, 6) is 0.680. The Morgan fingerprint density at radius 2 is 1.74 bits per heavy atom. The third kappa shape index (κ3) is 2.91. The molecule has 0 aliphatic carbocycles. The van der Waals surface area contributed by atoms with Gasteiger partial charge in [-0.25, -0.2) is 0 Å². The van der Waals surface area contributed by atoms with Crippen molar-refractivity contribution in [3.63, 3.8) is 0 Å². The van der Waals surface area contributed by atoms with Crippen molar-refractivity contribution in [2.45, 2.75) is 45.2 Å². The summed E-state index contributed by atoms with van der Waals surface area (Å²) in [5, 5.41) is 0.608. The van der Waals surface area contributed by atoms with Gasteiger partial charge in [-0.2, -0.15) is 0 Å². The van der Waals surface area contributed by atoms with Crippen LogP contribution in [0.1, 0.15) is 33.3 Å². The summed E-state index contributed by atoms with van der Waals surface area (Å²) < 4.78 is 17.1. The van der Waals surface area contributed by atoms with Gasteiger partial charge in [0.1, 0.15) is 5.75 Å². The molecule has 19 heavy (non-hydrogen) atoms. The maximum absolute atomic E-state index is 6.12. The van der Waals surface area contributed by atoms with E-state index in [0.717, 1.165) is 5.56 Å². The van der Waals surface area contributed by atoms with E-state index in [-0.39, 0.29) is 18.3 Å². The number of methoxy groups -OCH3 is 1. The van der Waals surface area contributed by atoms with Crippen LogP contribution >= 0.6 is 11.6 Å². The highest BCUT2D eigenvalue weighted by Crippen LogP contribution is 2.37. The third-order valence-electron chi connectivity index (χ3n) is 3.92. The molecule has 1 aromatic carbocycles. The molecule has 0 atom stereocenters. The van der Waals surface area contributed by atoms with Crippen LogP contribution in [-0.4, -0.2) is 25.4 Å². The first-order valence-electron chi connectivity index (χ1n) is 6.43. The van der Waals surface area contributed by atoms with Crippen LogP contribution in [0.3, 0.4) is 0 Å². The van der Waals surface area contributed by atoms with Crippen LogP contribution < -0.4 is 4.74 Å². The van der Waals surface area contributed by atoms with Gasteiger partial charge in [-0.05, 0) is 45.4 Å². The minimum Gasteiger partial charge on any atom is -0.495 e. The average molecular weight is 283 g/mol. The highest BCUT2D eigenvalue weighted by Gasteiger charge is 2.50. The van der Waals surface area contributed by atoms with E-state index in [0.29, 0.717) is 17.1 Å². The number of hydrogen-bond donors (Lipinski definition) is 0. The number of rotatable bonds is 3. The fraction of sp³-hybridized carbons (Fsp3) is 0.571. The van der Waals surface area contributed by atoms with Gasteiger partial charge >= 0.3 is 7.12 Å². The molecular formula is C14H20BClO3. The zero-order valence-electron chi connectivity index (χ0n) is 12.1. The maximum Gasteiger partial charge on any atom is 0.462 e. The second kappa shape index (κ2) is 5.00. The monoisotopic (exact) mass is 282 g/mol. The highest BCUT2D eigenvalue weighted by atomic mass is 35.5. The summed E-state index contributed by atoms with van der Waals surface area (Å²) in [5.41, 5.74) is 0.478. The first-order valence-corrected chi connectivity index (χ1v) is 6.81. The van der Waals surface area contributed by atoms with Gasteiger partial charge in [0.2, 0.25) is 0 Å². The Hall–Kier alpha value is -0.705. The van der Waals surface area contributed by atoms with Gasteiger partial charge in [-0.3, -0.25) is 0 Å². The molecular weight excluding hydrogens is 262 g/mol. The number of hydrogen-bond acceptors (Lipinski definition) is 3. The molecule has 3 nitrogen and oxygen atoms in total. The SMILES string of the molecule is COc1ccc(CB2OC(C)(C)C(C)(C)O2)cc1Cl. The molecule has 1 aromatic rings. The molecule has 0 bridgehead atoms. The smallest absolute Gasteiger partial charge is 0.462 e. The van der Waals surface area contributed by atoms with Crippen LogP contribution in [0.4, 0.5) is 0 Å². The summed E-state index contributed by atoms with van der Waals surface area (Å²) in [6.07, 6.45) is 0.677. The van der Waals surface area contributed by atoms with Gasteiger partial charge < -0.3 is 14.0 Å². The van der Waals surface area contributed by atoms with Crippen molar-refractivity contribution in [1.82, 2.24) is 0 Å². The number of benzene rings is 1. The first-order chi connectivity index (χ1) is 8.75. The second-order valence-electron chi connectivity index (χ2n) is 5.86. The lowest BCUT2D eigenvalue weighted by Gasteiger charge is -2.32. The van der Waals surface area contributed by atoms with Crippen LogP contribution in [0.2, 0.25) is 5.02 Å². The summed E-state index contributed by atoms with van der Waals surface area (Å²) in [6, 6.07) is 5.74. The molecule has 0 amide bonds. The van der Waals surface area contributed by atoms with E-state index in [1.165, 1.54) is 0 Å². The molecule has 0 spiro atoms. The van der Waals surface area contributed by atoms with Gasteiger partial charge in [0.05, 0.1) is 23.3 Å². The lowest BCUT2D eigenvalue weighted by molar-refractivity contribution is 0.00578.